The van der Waals surface area contributed by atoms with Gasteiger partial charge in [-0.2, -0.15) is 20.6 Å². The van der Waals surface area contributed by atoms with Crippen molar-refractivity contribution in [2.24, 2.45) is 0 Å². The highest BCUT2D eigenvalue weighted by Crippen LogP contribution is 2.29. The molecule has 6 aromatic rings. The van der Waals surface area contributed by atoms with Gasteiger partial charge in [-0.15, -0.1) is 0 Å². The SMILES string of the molecule is N#Cc1ccc(Cn2nccc2-c2cnc3c(Cl)nn(-c4ccc5cn[nH]c5c4)c3c2)cc1. The minimum Gasteiger partial charge on any atom is -0.278 e. The third-order valence-corrected chi connectivity index (χ3v) is 5.83. The molecule has 0 radical (unpaired) electrons. The second kappa shape index (κ2) is 7.58. The minimum absolute atomic E-state index is 0.340. The lowest BCUT2D eigenvalue weighted by Crippen LogP contribution is -2.04. The van der Waals surface area contributed by atoms with Gasteiger partial charge >= 0.3 is 0 Å². The zero-order valence-electron chi connectivity index (χ0n) is 17.1. The van der Waals surface area contributed by atoms with Crippen LogP contribution in [0.3, 0.4) is 0 Å². The van der Waals surface area contributed by atoms with E-state index in [0.717, 1.165) is 38.9 Å². The Morgan fingerprint density at radius 3 is 2.76 bits per heavy atom. The number of pyridine rings is 1. The zero-order chi connectivity index (χ0) is 22.4. The Balaban J connectivity index is 1.42. The van der Waals surface area contributed by atoms with E-state index in [4.69, 9.17) is 16.9 Å². The number of nitrogens with one attached hydrogen (secondary N) is 1. The molecule has 9 heteroatoms. The molecule has 0 unspecified atom stereocenters. The quantitative estimate of drug-likeness (QED) is 0.418. The molecule has 0 spiro atoms. The second-order valence-corrected chi connectivity index (χ2v) is 7.98. The molecule has 4 aromatic heterocycles. The molecule has 0 amide bonds. The van der Waals surface area contributed by atoms with Gasteiger partial charge in [-0.3, -0.25) is 14.8 Å². The first-order valence-corrected chi connectivity index (χ1v) is 10.6. The van der Waals surface area contributed by atoms with Crippen molar-refractivity contribution >= 4 is 33.5 Å². The fraction of sp³-hybridized carbons (Fsp3) is 0.0417. The predicted octanol–water partition coefficient (Wildman–Crippen LogP) is 4.73. The summed E-state index contributed by atoms with van der Waals surface area (Å²) in [7, 11) is 0. The van der Waals surface area contributed by atoms with Gasteiger partial charge < -0.3 is 0 Å². The fourth-order valence-corrected chi connectivity index (χ4v) is 4.14. The van der Waals surface area contributed by atoms with Crippen molar-refractivity contribution in [3.63, 3.8) is 0 Å². The number of fused-ring (bicyclic) bond motifs is 2. The number of rotatable bonds is 4. The molecule has 158 valence electrons. The summed E-state index contributed by atoms with van der Waals surface area (Å²) in [6, 6.07) is 19.5. The molecule has 0 bridgehead atoms. The summed E-state index contributed by atoms with van der Waals surface area (Å²) < 4.78 is 3.69. The highest BCUT2D eigenvalue weighted by Gasteiger charge is 2.15. The van der Waals surface area contributed by atoms with Crippen LogP contribution in [0.4, 0.5) is 0 Å². The predicted molar refractivity (Wildman–Crippen MR) is 125 cm³/mol. The Labute approximate surface area is 192 Å². The van der Waals surface area contributed by atoms with E-state index in [1.54, 1.807) is 23.3 Å². The Bertz CT molecular complexity index is 1670. The number of aromatic amines is 1. The maximum atomic E-state index is 9.02. The van der Waals surface area contributed by atoms with E-state index in [1.165, 1.54) is 0 Å². The van der Waals surface area contributed by atoms with Crippen LogP contribution in [-0.2, 0) is 6.54 Å². The van der Waals surface area contributed by atoms with Crippen LogP contribution in [0.5, 0.6) is 0 Å². The van der Waals surface area contributed by atoms with Gasteiger partial charge in [0, 0.05) is 23.3 Å². The maximum absolute atomic E-state index is 9.02. The topological polar surface area (TPSA) is 101 Å². The van der Waals surface area contributed by atoms with E-state index in [1.807, 2.05) is 59.3 Å². The van der Waals surface area contributed by atoms with Gasteiger partial charge in [0.05, 0.1) is 46.8 Å². The second-order valence-electron chi connectivity index (χ2n) is 7.62. The molecule has 0 atom stereocenters. The van der Waals surface area contributed by atoms with Crippen molar-refractivity contribution < 1.29 is 0 Å². The first-order valence-electron chi connectivity index (χ1n) is 10.2. The van der Waals surface area contributed by atoms with Gasteiger partial charge in [0.25, 0.3) is 0 Å². The van der Waals surface area contributed by atoms with Crippen LogP contribution in [0, 0.1) is 11.3 Å². The lowest BCUT2D eigenvalue weighted by molar-refractivity contribution is 0.694. The molecule has 2 aromatic carbocycles. The van der Waals surface area contributed by atoms with E-state index in [-0.39, 0.29) is 0 Å². The Hall–Kier alpha value is -4.48. The Morgan fingerprint density at radius 2 is 1.91 bits per heavy atom. The molecule has 0 aliphatic carbocycles. The lowest BCUT2D eigenvalue weighted by atomic mass is 10.1. The smallest absolute Gasteiger partial charge is 0.177 e. The average Bonchev–Trinajstić information content (AvgIpc) is 3.58. The largest absolute Gasteiger partial charge is 0.278 e. The molecular formula is C24H15ClN8. The number of nitrogens with zero attached hydrogens (tertiary/aromatic N) is 7. The fourth-order valence-electron chi connectivity index (χ4n) is 3.92. The molecule has 8 nitrogen and oxygen atoms in total. The van der Waals surface area contributed by atoms with Gasteiger partial charge in [0.15, 0.2) is 5.15 Å². The highest BCUT2D eigenvalue weighted by atomic mass is 35.5. The first kappa shape index (κ1) is 19.2. The molecule has 0 saturated heterocycles. The summed E-state index contributed by atoms with van der Waals surface area (Å²) in [5, 5.41) is 26.5. The molecular weight excluding hydrogens is 436 g/mol. The number of hydrogen-bond donors (Lipinski definition) is 1. The first-order chi connectivity index (χ1) is 16.2. The Morgan fingerprint density at radius 1 is 1.03 bits per heavy atom. The molecule has 0 fully saturated rings. The van der Waals surface area contributed by atoms with Gasteiger partial charge in [-0.05, 0) is 48.0 Å². The van der Waals surface area contributed by atoms with Gasteiger partial charge in [0.1, 0.15) is 5.52 Å². The number of hydrogen-bond acceptors (Lipinski definition) is 5. The van der Waals surface area contributed by atoms with E-state index < -0.39 is 0 Å². The van der Waals surface area contributed by atoms with Gasteiger partial charge in [-0.1, -0.05) is 23.7 Å². The Kier molecular flexibility index (Phi) is 4.42. The molecule has 0 aliphatic rings. The lowest BCUT2D eigenvalue weighted by Gasteiger charge is -2.09. The van der Waals surface area contributed by atoms with Crippen molar-refractivity contribution in [2.75, 3.05) is 0 Å². The molecule has 6 rings (SSSR count). The summed E-state index contributed by atoms with van der Waals surface area (Å²) in [5.74, 6) is 0. The van der Waals surface area contributed by atoms with E-state index in [2.05, 4.69) is 31.4 Å². The van der Waals surface area contributed by atoms with E-state index in [0.29, 0.717) is 22.8 Å². The van der Waals surface area contributed by atoms with E-state index in [9.17, 15) is 0 Å². The van der Waals surface area contributed by atoms with Crippen LogP contribution in [0.25, 0.3) is 38.9 Å². The third kappa shape index (κ3) is 3.32. The molecule has 4 heterocycles. The summed E-state index contributed by atoms with van der Waals surface area (Å²) in [5.41, 5.74) is 6.69. The molecule has 0 aliphatic heterocycles. The van der Waals surface area contributed by atoms with Crippen molar-refractivity contribution in [3.05, 3.63) is 89.5 Å². The van der Waals surface area contributed by atoms with Crippen molar-refractivity contribution in [1.29, 1.82) is 5.26 Å². The maximum Gasteiger partial charge on any atom is 0.177 e. The van der Waals surface area contributed by atoms with Crippen molar-refractivity contribution in [1.82, 2.24) is 34.7 Å². The van der Waals surface area contributed by atoms with Crippen molar-refractivity contribution in [3.8, 4) is 23.0 Å². The summed E-state index contributed by atoms with van der Waals surface area (Å²) in [6.07, 6.45) is 5.33. The summed E-state index contributed by atoms with van der Waals surface area (Å²) >= 11 is 6.41. The molecule has 0 saturated carbocycles. The van der Waals surface area contributed by atoms with Crippen LogP contribution in [-0.4, -0.2) is 34.7 Å². The number of nitriles is 1. The van der Waals surface area contributed by atoms with Gasteiger partial charge in [0.2, 0.25) is 0 Å². The van der Waals surface area contributed by atoms with Gasteiger partial charge in [-0.25, -0.2) is 4.68 Å². The molecule has 1 N–H and O–H groups in total. The minimum atomic E-state index is 0.340. The molecule has 33 heavy (non-hydrogen) atoms. The van der Waals surface area contributed by atoms with Crippen LogP contribution >= 0.6 is 11.6 Å². The van der Waals surface area contributed by atoms with E-state index >= 15 is 0 Å². The number of aromatic nitrogens is 7. The monoisotopic (exact) mass is 450 g/mol. The van der Waals surface area contributed by atoms with Crippen LogP contribution < -0.4 is 0 Å². The average molecular weight is 451 g/mol. The third-order valence-electron chi connectivity index (χ3n) is 5.58. The summed E-state index contributed by atoms with van der Waals surface area (Å²) in [6.45, 7) is 0.572. The van der Waals surface area contributed by atoms with Crippen molar-refractivity contribution in [2.45, 2.75) is 6.54 Å². The zero-order valence-corrected chi connectivity index (χ0v) is 17.9. The summed E-state index contributed by atoms with van der Waals surface area (Å²) in [4.78, 5) is 4.59. The number of halogens is 1. The normalized spacial score (nSPS) is 11.3. The number of benzene rings is 2. The van der Waals surface area contributed by atoms with Crippen LogP contribution in [0.15, 0.2) is 73.2 Å². The standard InChI is InChI=1S/C24H15ClN8/c25-24-23-22(33(31-24)19-6-5-17-13-28-30-20(17)10-19)9-18(12-27-23)21-7-8-29-32(21)14-16-3-1-15(11-26)2-4-16/h1-10,12-13H,14H2,(H,28,30). The van der Waals surface area contributed by atoms with Crippen LogP contribution in [0.1, 0.15) is 11.1 Å². The van der Waals surface area contributed by atoms with Crippen LogP contribution in [0.2, 0.25) is 5.15 Å². The number of H-pyrrole nitrogens is 1. The highest BCUT2D eigenvalue weighted by molar-refractivity contribution is 6.33.